The average Bonchev–Trinajstić information content (AvgIpc) is 2.64. The molecule has 1 saturated carbocycles. The van der Waals surface area contributed by atoms with Gasteiger partial charge in [-0.25, -0.2) is 0 Å². The van der Waals surface area contributed by atoms with Crippen molar-refractivity contribution in [3.8, 4) is 5.75 Å². The summed E-state index contributed by atoms with van der Waals surface area (Å²) >= 11 is 2.30. The molecule has 1 amide bonds. The molecule has 1 aromatic rings. The molecule has 0 spiro atoms. The Morgan fingerprint density at radius 3 is 2.20 bits per heavy atom. The highest BCUT2D eigenvalue weighted by Gasteiger charge is 2.32. The Hall–Kier alpha value is -0.820. The Morgan fingerprint density at radius 1 is 1.04 bits per heavy atom. The maximum atomic E-state index is 12.8. The summed E-state index contributed by atoms with van der Waals surface area (Å²) in [4.78, 5) is 17.3. The molecular weight excluding hydrogens is 427 g/mol. The highest BCUT2D eigenvalue weighted by Crippen LogP contribution is 2.29. The van der Waals surface area contributed by atoms with Gasteiger partial charge < -0.3 is 9.64 Å². The Labute approximate surface area is 165 Å². The summed E-state index contributed by atoms with van der Waals surface area (Å²) in [7, 11) is 0. The maximum Gasteiger partial charge on any atom is 0.225 e. The van der Waals surface area contributed by atoms with Gasteiger partial charge in [0, 0.05) is 41.7 Å². The highest BCUT2D eigenvalue weighted by molar-refractivity contribution is 14.1. The number of amides is 1. The molecule has 2 aliphatic rings. The quantitative estimate of drug-likeness (QED) is 0.647. The van der Waals surface area contributed by atoms with Crippen LogP contribution in [0, 0.1) is 9.49 Å². The van der Waals surface area contributed by atoms with Gasteiger partial charge in [0.2, 0.25) is 5.91 Å². The monoisotopic (exact) mass is 456 g/mol. The van der Waals surface area contributed by atoms with Gasteiger partial charge in [-0.05, 0) is 86.4 Å². The van der Waals surface area contributed by atoms with Crippen molar-refractivity contribution >= 4 is 28.5 Å². The van der Waals surface area contributed by atoms with Gasteiger partial charge >= 0.3 is 0 Å². The summed E-state index contributed by atoms with van der Waals surface area (Å²) in [5.41, 5.74) is 0. The lowest BCUT2D eigenvalue weighted by molar-refractivity contribution is -0.139. The standard InChI is InChI=1S/C20H29IN2O2/c1-15(2)22-11-13-23(14-12-22)20(24)16-3-7-18(8-4-16)25-19-9-5-17(21)6-10-19/h5-6,9-10,15-16,18H,3-4,7-8,11-14H2,1-2H3. The fourth-order valence-electron chi connectivity index (χ4n) is 3.85. The average molecular weight is 456 g/mol. The van der Waals surface area contributed by atoms with E-state index in [1.807, 2.05) is 12.1 Å². The van der Waals surface area contributed by atoms with E-state index in [1.165, 1.54) is 3.57 Å². The number of benzene rings is 1. The third-order valence-corrected chi connectivity index (χ3v) is 6.22. The number of halogens is 1. The van der Waals surface area contributed by atoms with Crippen LogP contribution in [0.1, 0.15) is 39.5 Å². The minimum atomic E-state index is 0.196. The second-order valence-electron chi connectivity index (χ2n) is 7.50. The Balaban J connectivity index is 1.44. The zero-order chi connectivity index (χ0) is 17.8. The molecule has 0 aromatic heterocycles. The van der Waals surface area contributed by atoms with Crippen LogP contribution in [0.2, 0.25) is 0 Å². The normalized spacial score (nSPS) is 25.2. The molecule has 1 heterocycles. The third-order valence-electron chi connectivity index (χ3n) is 5.50. The Morgan fingerprint density at radius 2 is 1.64 bits per heavy atom. The van der Waals surface area contributed by atoms with Crippen molar-refractivity contribution in [3.63, 3.8) is 0 Å². The smallest absolute Gasteiger partial charge is 0.225 e. The van der Waals surface area contributed by atoms with Crippen molar-refractivity contribution in [2.75, 3.05) is 26.2 Å². The van der Waals surface area contributed by atoms with E-state index in [9.17, 15) is 4.79 Å². The number of ether oxygens (including phenoxy) is 1. The van der Waals surface area contributed by atoms with Crippen LogP contribution < -0.4 is 4.74 Å². The van der Waals surface area contributed by atoms with Crippen LogP contribution in [0.3, 0.4) is 0 Å². The number of hydrogen-bond donors (Lipinski definition) is 0. The zero-order valence-corrected chi connectivity index (χ0v) is 17.4. The summed E-state index contributed by atoms with van der Waals surface area (Å²) in [5, 5.41) is 0. The third kappa shape index (κ3) is 5.09. The molecule has 2 fully saturated rings. The molecule has 1 aromatic carbocycles. The van der Waals surface area contributed by atoms with Gasteiger partial charge in [-0.2, -0.15) is 0 Å². The molecule has 0 unspecified atom stereocenters. The number of carbonyl (C=O) groups excluding carboxylic acids is 1. The first-order chi connectivity index (χ1) is 12.0. The van der Waals surface area contributed by atoms with Crippen LogP contribution in [0.4, 0.5) is 0 Å². The predicted octanol–water partition coefficient (Wildman–Crippen LogP) is 3.78. The Bertz CT molecular complexity index is 560. The fourth-order valence-corrected chi connectivity index (χ4v) is 4.21. The second kappa shape index (κ2) is 8.71. The first-order valence-corrected chi connectivity index (χ1v) is 10.6. The second-order valence-corrected chi connectivity index (χ2v) is 8.75. The van der Waals surface area contributed by atoms with Crippen molar-refractivity contribution in [3.05, 3.63) is 27.8 Å². The number of hydrogen-bond acceptors (Lipinski definition) is 3. The van der Waals surface area contributed by atoms with Crippen LogP contribution in [0.15, 0.2) is 24.3 Å². The molecule has 4 nitrogen and oxygen atoms in total. The van der Waals surface area contributed by atoms with Gasteiger partial charge in [0.05, 0.1) is 6.10 Å². The number of carbonyl (C=O) groups is 1. The van der Waals surface area contributed by atoms with Crippen LogP contribution in [-0.2, 0) is 4.79 Å². The van der Waals surface area contributed by atoms with Crippen LogP contribution >= 0.6 is 22.6 Å². The zero-order valence-electron chi connectivity index (χ0n) is 15.3. The van der Waals surface area contributed by atoms with Crippen molar-refractivity contribution < 1.29 is 9.53 Å². The first kappa shape index (κ1) is 19.0. The molecule has 1 aliphatic carbocycles. The van der Waals surface area contributed by atoms with Gasteiger partial charge in [0.1, 0.15) is 5.75 Å². The lowest BCUT2D eigenvalue weighted by Gasteiger charge is -2.39. The molecule has 0 N–H and O–H groups in total. The highest BCUT2D eigenvalue weighted by atomic mass is 127. The van der Waals surface area contributed by atoms with Gasteiger partial charge in [-0.3, -0.25) is 9.69 Å². The summed E-state index contributed by atoms with van der Waals surface area (Å²) in [6.45, 7) is 8.24. The van der Waals surface area contributed by atoms with E-state index >= 15 is 0 Å². The summed E-state index contributed by atoms with van der Waals surface area (Å²) in [5.74, 6) is 1.51. The van der Waals surface area contributed by atoms with Crippen molar-refractivity contribution in [2.45, 2.75) is 51.7 Å². The number of nitrogens with zero attached hydrogens (tertiary/aromatic N) is 2. The van der Waals surface area contributed by atoms with E-state index in [4.69, 9.17) is 4.74 Å². The number of rotatable bonds is 4. The summed E-state index contributed by atoms with van der Waals surface area (Å²) in [6, 6.07) is 8.79. The van der Waals surface area contributed by atoms with Crippen LogP contribution in [0.25, 0.3) is 0 Å². The molecule has 1 aliphatic heterocycles. The molecule has 1 saturated heterocycles. The molecular formula is C20H29IN2O2. The molecule has 0 bridgehead atoms. The van der Waals surface area contributed by atoms with Crippen LogP contribution in [-0.4, -0.2) is 54.0 Å². The van der Waals surface area contributed by atoms with E-state index in [0.29, 0.717) is 11.9 Å². The molecule has 5 heteroatoms. The van der Waals surface area contributed by atoms with Gasteiger partial charge in [0.15, 0.2) is 0 Å². The topological polar surface area (TPSA) is 32.8 Å². The maximum absolute atomic E-state index is 12.8. The largest absolute Gasteiger partial charge is 0.490 e. The lowest BCUT2D eigenvalue weighted by Crippen LogP contribution is -2.52. The van der Waals surface area contributed by atoms with Crippen molar-refractivity contribution in [2.24, 2.45) is 5.92 Å². The van der Waals surface area contributed by atoms with Crippen molar-refractivity contribution in [1.29, 1.82) is 0 Å². The molecule has 0 atom stereocenters. The van der Waals surface area contributed by atoms with Crippen molar-refractivity contribution in [1.82, 2.24) is 9.80 Å². The van der Waals surface area contributed by atoms with E-state index in [-0.39, 0.29) is 12.0 Å². The van der Waals surface area contributed by atoms with E-state index in [1.54, 1.807) is 0 Å². The minimum absolute atomic E-state index is 0.196. The van der Waals surface area contributed by atoms with Gasteiger partial charge in [0.25, 0.3) is 0 Å². The predicted molar refractivity (Wildman–Crippen MR) is 109 cm³/mol. The summed E-state index contributed by atoms with van der Waals surface area (Å²) < 4.78 is 7.31. The number of piperazine rings is 1. The fraction of sp³-hybridized carbons (Fsp3) is 0.650. The SMILES string of the molecule is CC(C)N1CCN(C(=O)C2CCC(Oc3ccc(I)cc3)CC2)CC1. The molecule has 0 radical (unpaired) electrons. The van der Waals surface area contributed by atoms with Crippen LogP contribution in [0.5, 0.6) is 5.75 Å². The molecule has 25 heavy (non-hydrogen) atoms. The molecule has 3 rings (SSSR count). The minimum Gasteiger partial charge on any atom is -0.490 e. The van der Waals surface area contributed by atoms with E-state index < -0.39 is 0 Å². The van der Waals surface area contributed by atoms with E-state index in [2.05, 4.69) is 58.4 Å². The summed E-state index contributed by atoms with van der Waals surface area (Å²) in [6.07, 6.45) is 4.13. The first-order valence-electron chi connectivity index (χ1n) is 9.48. The molecule has 138 valence electrons. The van der Waals surface area contributed by atoms with E-state index in [0.717, 1.165) is 57.6 Å². The lowest BCUT2D eigenvalue weighted by atomic mass is 9.86. The van der Waals surface area contributed by atoms with Gasteiger partial charge in [-0.1, -0.05) is 0 Å². The Kier molecular flexibility index (Phi) is 6.61. The van der Waals surface area contributed by atoms with Gasteiger partial charge in [-0.15, -0.1) is 0 Å².